The number of carbonyl (C=O) groups is 1. The van der Waals surface area contributed by atoms with Gasteiger partial charge in [-0.05, 0) is 12.3 Å². The van der Waals surface area contributed by atoms with Gasteiger partial charge in [-0.1, -0.05) is 18.4 Å². The molecular formula is C7H12Na2O4P+. The Kier molecular flexibility index (Phi) is 16.5. The van der Waals surface area contributed by atoms with Crippen LogP contribution in [0.5, 0.6) is 0 Å². The van der Waals surface area contributed by atoms with Gasteiger partial charge < -0.3 is 14.8 Å². The molecule has 0 aliphatic heterocycles. The monoisotopic (exact) mass is 237 g/mol. The van der Waals surface area contributed by atoms with Gasteiger partial charge in [-0.3, -0.25) is 0 Å². The maximum absolute atomic E-state index is 10.4. The van der Waals surface area contributed by atoms with Gasteiger partial charge in [0.1, 0.15) is 0 Å². The first-order valence-electron chi connectivity index (χ1n) is 3.76. The number of hydrogen-bond acceptors (Lipinski definition) is 4. The molecule has 0 rings (SSSR count). The Labute approximate surface area is 129 Å². The summed E-state index contributed by atoms with van der Waals surface area (Å²) >= 11 is 0. The van der Waals surface area contributed by atoms with Crippen molar-refractivity contribution in [3.63, 3.8) is 0 Å². The summed E-state index contributed by atoms with van der Waals surface area (Å²) < 4.78 is 10.2. The quantitative estimate of drug-likeness (QED) is 0.352. The Morgan fingerprint density at radius 3 is 2.00 bits per heavy atom. The van der Waals surface area contributed by atoms with Crippen LogP contribution in [0.2, 0.25) is 0 Å². The molecule has 7 heteroatoms. The third kappa shape index (κ3) is 11.6. The van der Waals surface area contributed by atoms with Crippen molar-refractivity contribution in [3.05, 3.63) is 0 Å². The largest absolute Gasteiger partial charge is 1.00 e. The average molecular weight is 237 g/mol. The van der Waals surface area contributed by atoms with Crippen molar-refractivity contribution in [3.8, 4) is 0 Å². The minimum absolute atomic E-state index is 0. The summed E-state index contributed by atoms with van der Waals surface area (Å²) in [5.41, 5.74) is 0. The molecule has 4 nitrogen and oxygen atoms in total. The van der Waals surface area contributed by atoms with Gasteiger partial charge in [0, 0.05) is 11.9 Å². The van der Waals surface area contributed by atoms with Crippen molar-refractivity contribution in [1.82, 2.24) is 0 Å². The number of carbonyl (C=O) groups excluding carboxylic acids is 1. The van der Waals surface area contributed by atoms with Crippen LogP contribution in [0.15, 0.2) is 0 Å². The van der Waals surface area contributed by atoms with E-state index in [1.54, 1.807) is 0 Å². The van der Waals surface area contributed by atoms with Gasteiger partial charge in [0.05, 0.1) is 0 Å². The van der Waals surface area contributed by atoms with Crippen molar-refractivity contribution < 1.29 is 78.5 Å². The Balaban J connectivity index is -0.000000605. The molecule has 0 aromatic carbocycles. The molecule has 14 heavy (non-hydrogen) atoms. The first-order valence-corrected chi connectivity index (χ1v) is 5.12. The Bertz CT molecular complexity index is 187. The number of rotatable bonds is 5. The molecule has 0 aromatic rings. The third-order valence-corrected chi connectivity index (χ3v) is 2.20. The molecule has 0 saturated heterocycles. The van der Waals surface area contributed by atoms with Crippen LogP contribution in [0, 0.1) is 11.8 Å². The Hall–Kier alpha value is 1.53. The molecule has 0 amide bonds. The van der Waals surface area contributed by atoms with Gasteiger partial charge in [-0.25, -0.2) is 0 Å². The summed E-state index contributed by atoms with van der Waals surface area (Å²) in [7, 11) is -2.62. The van der Waals surface area contributed by atoms with E-state index in [0.29, 0.717) is 6.42 Å². The smallest absolute Gasteiger partial charge is 0.596 e. The van der Waals surface area contributed by atoms with E-state index in [1.807, 2.05) is 13.8 Å². The van der Waals surface area contributed by atoms with Crippen LogP contribution in [0.3, 0.4) is 0 Å². The van der Waals surface area contributed by atoms with Gasteiger partial charge in [0.2, 0.25) is 0 Å². The third-order valence-electron chi connectivity index (χ3n) is 1.46. The predicted octanol–water partition coefficient (Wildman–Crippen LogP) is -6.49. The first-order chi connectivity index (χ1) is 5.43. The minimum atomic E-state index is -2.62. The van der Waals surface area contributed by atoms with Gasteiger partial charge in [0.25, 0.3) is 0 Å². The zero-order valence-corrected chi connectivity index (χ0v) is 14.0. The fourth-order valence-electron chi connectivity index (χ4n) is 0.994. The first kappa shape index (κ1) is 20.9. The van der Waals surface area contributed by atoms with Crippen molar-refractivity contribution in [2.75, 3.05) is 6.16 Å². The molecule has 0 radical (unpaired) electrons. The second-order valence-corrected chi connectivity index (χ2v) is 4.19. The van der Waals surface area contributed by atoms with Crippen LogP contribution in [0.4, 0.5) is 0 Å². The molecule has 0 aliphatic carbocycles. The molecule has 0 aromatic heterocycles. The number of carboxylic acids is 1. The van der Waals surface area contributed by atoms with E-state index < -0.39 is 19.9 Å². The number of hydrogen-bond donors (Lipinski definition) is 0. The Morgan fingerprint density at radius 1 is 1.36 bits per heavy atom. The number of carboxylic acid groups (broad SMARTS) is 1. The summed E-state index contributed by atoms with van der Waals surface area (Å²) in [5, 5.41) is 10.4. The van der Waals surface area contributed by atoms with Crippen LogP contribution in [-0.2, 0) is 9.36 Å². The van der Waals surface area contributed by atoms with Crippen molar-refractivity contribution >= 4 is 14.0 Å². The van der Waals surface area contributed by atoms with Gasteiger partial charge in [-0.2, -0.15) is 0 Å². The molecule has 0 saturated carbocycles. The zero-order valence-electron chi connectivity index (χ0n) is 9.15. The molecule has 0 heterocycles. The summed E-state index contributed by atoms with van der Waals surface area (Å²) in [6, 6.07) is 0. The van der Waals surface area contributed by atoms with Crippen molar-refractivity contribution in [2.24, 2.45) is 11.8 Å². The molecule has 0 spiro atoms. The van der Waals surface area contributed by atoms with Gasteiger partial charge in [0.15, 0.2) is 6.16 Å². The van der Waals surface area contributed by atoms with Crippen LogP contribution in [0.1, 0.15) is 20.3 Å². The fourth-order valence-corrected chi connectivity index (χ4v) is 1.65. The van der Waals surface area contributed by atoms with Gasteiger partial charge >= 0.3 is 67.1 Å². The molecule has 0 N–H and O–H groups in total. The second-order valence-electron chi connectivity index (χ2n) is 3.16. The molecule has 0 bridgehead atoms. The molecule has 70 valence electrons. The fraction of sp³-hybridized carbons (Fsp3) is 0.857. The van der Waals surface area contributed by atoms with E-state index in [4.69, 9.17) is 0 Å². The van der Waals surface area contributed by atoms with E-state index in [9.17, 15) is 19.4 Å². The van der Waals surface area contributed by atoms with E-state index >= 15 is 0 Å². The molecule has 2 atom stereocenters. The van der Waals surface area contributed by atoms with Crippen LogP contribution in [-0.4, -0.2) is 12.1 Å². The van der Waals surface area contributed by atoms with Crippen LogP contribution in [0.25, 0.3) is 0 Å². The summed E-state index contributed by atoms with van der Waals surface area (Å²) in [4.78, 5) is 20.6. The molecule has 2 unspecified atom stereocenters. The van der Waals surface area contributed by atoms with Crippen LogP contribution >= 0.6 is 8.03 Å². The van der Waals surface area contributed by atoms with Crippen molar-refractivity contribution in [2.45, 2.75) is 20.3 Å². The Morgan fingerprint density at radius 2 is 1.79 bits per heavy atom. The molecular weight excluding hydrogens is 225 g/mol. The topological polar surface area (TPSA) is 80.3 Å². The number of aliphatic carboxylic acids is 1. The van der Waals surface area contributed by atoms with E-state index in [0.717, 1.165) is 0 Å². The molecule has 0 aliphatic rings. The predicted molar refractivity (Wildman–Crippen MR) is 40.4 cm³/mol. The summed E-state index contributed by atoms with van der Waals surface area (Å²) in [5.74, 6) is -1.96. The zero-order chi connectivity index (χ0) is 9.72. The van der Waals surface area contributed by atoms with E-state index in [-0.39, 0.29) is 71.2 Å². The second kappa shape index (κ2) is 11.0. The van der Waals surface area contributed by atoms with E-state index in [1.165, 1.54) is 0 Å². The minimum Gasteiger partial charge on any atom is -0.596 e. The molecule has 0 fully saturated rings. The van der Waals surface area contributed by atoms with Crippen LogP contribution < -0.4 is 69.1 Å². The SMILES string of the molecule is CC(C)CC(C[P+](=O)[O-])C(=O)[O-].[Na+].[Na+]. The normalized spacial score (nSPS) is 12.4. The van der Waals surface area contributed by atoms with Gasteiger partial charge in [-0.15, -0.1) is 0 Å². The average Bonchev–Trinajstić information content (AvgIpc) is 1.83. The maximum atomic E-state index is 10.4. The van der Waals surface area contributed by atoms with Crippen molar-refractivity contribution in [1.29, 1.82) is 0 Å². The standard InChI is InChI=1S/C7H13O4P.2Na/c1-5(2)3-6(7(8)9)4-12(10)11;;/h5-6H,3-4H2,1-2H3,(H,8,9);;/q;2*+1/p-1. The maximum Gasteiger partial charge on any atom is 1.00 e. The summed E-state index contributed by atoms with van der Waals surface area (Å²) in [6.07, 6.45) is 0.0431. The summed E-state index contributed by atoms with van der Waals surface area (Å²) in [6.45, 7) is 3.68. The van der Waals surface area contributed by atoms with E-state index in [2.05, 4.69) is 0 Å².